The van der Waals surface area contributed by atoms with Gasteiger partial charge >= 0.3 is 5.97 Å². The molecular weight excluding hydrogens is 388 g/mol. The van der Waals surface area contributed by atoms with Gasteiger partial charge in [-0.1, -0.05) is 60.1 Å². The second kappa shape index (κ2) is 7.97. The molecule has 1 N–H and O–H groups in total. The molecule has 1 aliphatic rings. The van der Waals surface area contributed by atoms with Crippen LogP contribution in [-0.2, 0) is 11.3 Å². The Labute approximate surface area is 173 Å². The van der Waals surface area contributed by atoms with E-state index in [0.717, 1.165) is 11.1 Å². The van der Waals surface area contributed by atoms with Crippen LogP contribution in [0.4, 0.5) is 5.69 Å². The van der Waals surface area contributed by atoms with Crippen LogP contribution in [0.15, 0.2) is 72.8 Å². The number of hydrogen-bond donors (Lipinski definition) is 1. The van der Waals surface area contributed by atoms with Gasteiger partial charge in [0.15, 0.2) is 0 Å². The summed E-state index contributed by atoms with van der Waals surface area (Å²) in [6.45, 7) is 0.339. The van der Waals surface area contributed by atoms with Gasteiger partial charge in [0.1, 0.15) is 6.17 Å². The molecule has 0 aromatic heterocycles. The summed E-state index contributed by atoms with van der Waals surface area (Å²) < 4.78 is 4.89. The van der Waals surface area contributed by atoms with Crippen molar-refractivity contribution in [1.82, 2.24) is 4.90 Å². The summed E-state index contributed by atoms with van der Waals surface area (Å²) in [5, 5.41) is 3.96. The number of halogens is 1. The van der Waals surface area contributed by atoms with Gasteiger partial charge in [0.2, 0.25) is 0 Å². The number of hydrogen-bond acceptors (Lipinski definition) is 4. The first-order valence-corrected chi connectivity index (χ1v) is 9.55. The minimum atomic E-state index is -0.444. The molecule has 1 aliphatic heterocycles. The zero-order valence-corrected chi connectivity index (χ0v) is 16.5. The van der Waals surface area contributed by atoms with Crippen molar-refractivity contribution in [3.8, 4) is 0 Å². The monoisotopic (exact) mass is 406 g/mol. The summed E-state index contributed by atoms with van der Waals surface area (Å²) >= 11 is 6.34. The Morgan fingerprint density at radius 1 is 1.03 bits per heavy atom. The van der Waals surface area contributed by atoms with Crippen molar-refractivity contribution in [3.63, 3.8) is 0 Å². The highest BCUT2D eigenvalue weighted by Crippen LogP contribution is 2.37. The molecule has 29 heavy (non-hydrogen) atoms. The molecule has 6 heteroatoms. The van der Waals surface area contributed by atoms with Gasteiger partial charge in [-0.25, -0.2) is 4.79 Å². The van der Waals surface area contributed by atoms with Crippen molar-refractivity contribution in [1.29, 1.82) is 0 Å². The maximum atomic E-state index is 13.1. The summed E-state index contributed by atoms with van der Waals surface area (Å²) in [5.74, 6) is -0.531. The number of anilines is 1. The number of fused-ring (bicyclic) bond motifs is 1. The van der Waals surface area contributed by atoms with Gasteiger partial charge < -0.3 is 15.0 Å². The third kappa shape index (κ3) is 3.57. The van der Waals surface area contributed by atoms with Crippen LogP contribution in [0, 0.1) is 0 Å². The van der Waals surface area contributed by atoms with E-state index in [2.05, 4.69) is 5.32 Å². The highest BCUT2D eigenvalue weighted by Gasteiger charge is 2.37. The van der Waals surface area contributed by atoms with Crippen LogP contribution in [0.25, 0.3) is 0 Å². The molecule has 0 aliphatic carbocycles. The largest absolute Gasteiger partial charge is 0.465 e. The first kappa shape index (κ1) is 19.0. The molecule has 0 saturated heterocycles. The van der Waals surface area contributed by atoms with Crippen molar-refractivity contribution in [2.45, 2.75) is 12.7 Å². The highest BCUT2D eigenvalue weighted by molar-refractivity contribution is 6.31. The standard InChI is InChI=1S/C23H19ClN2O3/c1-29-23(28)18-11-5-7-13-20(18)25-21-16-9-3-4-10-17(16)22(27)26(21)14-15-8-2-6-12-19(15)24/h2-13,21,25H,14H2,1H3/t21-/m1/s1. The Kier molecular flexibility index (Phi) is 5.23. The van der Waals surface area contributed by atoms with E-state index in [1.54, 1.807) is 29.2 Å². The SMILES string of the molecule is COC(=O)c1ccccc1N[C@H]1c2ccccc2C(=O)N1Cc1ccccc1Cl. The maximum absolute atomic E-state index is 13.1. The number of para-hydroxylation sites is 1. The van der Waals surface area contributed by atoms with E-state index in [0.29, 0.717) is 28.4 Å². The van der Waals surface area contributed by atoms with Gasteiger partial charge in [0.25, 0.3) is 5.91 Å². The predicted molar refractivity (Wildman–Crippen MR) is 112 cm³/mol. The maximum Gasteiger partial charge on any atom is 0.339 e. The molecule has 0 spiro atoms. The van der Waals surface area contributed by atoms with E-state index >= 15 is 0 Å². The molecule has 0 unspecified atom stereocenters. The Morgan fingerprint density at radius 2 is 1.72 bits per heavy atom. The molecule has 0 saturated carbocycles. The fourth-order valence-corrected chi connectivity index (χ4v) is 3.74. The number of nitrogens with zero attached hydrogens (tertiary/aromatic N) is 1. The summed E-state index contributed by atoms with van der Waals surface area (Å²) in [7, 11) is 1.34. The number of rotatable bonds is 5. The van der Waals surface area contributed by atoms with Crippen molar-refractivity contribution >= 4 is 29.2 Å². The smallest absolute Gasteiger partial charge is 0.339 e. The Bertz CT molecular complexity index is 1080. The lowest BCUT2D eigenvalue weighted by molar-refractivity contribution is 0.0601. The van der Waals surface area contributed by atoms with Gasteiger partial charge in [-0.15, -0.1) is 0 Å². The lowest BCUT2D eigenvalue weighted by atomic mass is 10.1. The molecule has 1 amide bonds. The summed E-state index contributed by atoms with van der Waals surface area (Å²) in [4.78, 5) is 27.0. The third-order valence-electron chi connectivity index (χ3n) is 4.98. The Hall–Kier alpha value is -3.31. The van der Waals surface area contributed by atoms with Crippen LogP contribution in [0.1, 0.15) is 38.0 Å². The number of amides is 1. The minimum absolute atomic E-state index is 0.0893. The number of carbonyl (C=O) groups excluding carboxylic acids is 2. The van der Waals surface area contributed by atoms with Crippen LogP contribution >= 0.6 is 11.6 Å². The molecule has 1 atom stereocenters. The van der Waals surface area contributed by atoms with Crippen molar-refractivity contribution < 1.29 is 14.3 Å². The number of esters is 1. The molecule has 0 radical (unpaired) electrons. The third-order valence-corrected chi connectivity index (χ3v) is 5.35. The molecular formula is C23H19ClN2O3. The molecule has 4 rings (SSSR count). The van der Waals surface area contributed by atoms with E-state index in [4.69, 9.17) is 16.3 Å². The summed E-state index contributed by atoms with van der Waals surface area (Å²) in [5.41, 5.74) is 3.34. The zero-order chi connectivity index (χ0) is 20.4. The van der Waals surface area contributed by atoms with E-state index in [-0.39, 0.29) is 5.91 Å². The van der Waals surface area contributed by atoms with Crippen molar-refractivity contribution in [2.24, 2.45) is 0 Å². The number of benzene rings is 3. The van der Waals surface area contributed by atoms with Crippen LogP contribution in [0.2, 0.25) is 5.02 Å². The average Bonchev–Trinajstić information content (AvgIpc) is 3.01. The Balaban J connectivity index is 1.74. The van der Waals surface area contributed by atoms with Gasteiger partial charge in [0.05, 0.1) is 18.4 Å². The van der Waals surface area contributed by atoms with Gasteiger partial charge in [-0.3, -0.25) is 4.79 Å². The van der Waals surface area contributed by atoms with Crippen LogP contribution in [0.3, 0.4) is 0 Å². The lowest BCUT2D eigenvalue weighted by Crippen LogP contribution is -2.32. The van der Waals surface area contributed by atoms with E-state index in [1.165, 1.54) is 7.11 Å². The number of carbonyl (C=O) groups is 2. The van der Waals surface area contributed by atoms with Crippen molar-refractivity contribution in [2.75, 3.05) is 12.4 Å². The highest BCUT2D eigenvalue weighted by atomic mass is 35.5. The number of ether oxygens (including phenoxy) is 1. The number of methoxy groups -OCH3 is 1. The summed E-state index contributed by atoms with van der Waals surface area (Å²) in [6.07, 6.45) is -0.444. The second-order valence-corrected chi connectivity index (χ2v) is 7.10. The van der Waals surface area contributed by atoms with E-state index < -0.39 is 12.1 Å². The topological polar surface area (TPSA) is 58.6 Å². The molecule has 146 valence electrons. The Morgan fingerprint density at radius 3 is 2.52 bits per heavy atom. The average molecular weight is 407 g/mol. The quantitative estimate of drug-likeness (QED) is 0.612. The fraction of sp³-hybridized carbons (Fsp3) is 0.130. The molecule has 5 nitrogen and oxygen atoms in total. The van der Waals surface area contributed by atoms with Crippen LogP contribution < -0.4 is 5.32 Å². The second-order valence-electron chi connectivity index (χ2n) is 6.70. The van der Waals surface area contributed by atoms with Crippen LogP contribution in [-0.4, -0.2) is 23.9 Å². The molecule has 1 heterocycles. The zero-order valence-electron chi connectivity index (χ0n) is 15.8. The van der Waals surface area contributed by atoms with Gasteiger partial charge in [-0.05, 0) is 29.8 Å². The first-order chi connectivity index (χ1) is 14.1. The lowest BCUT2D eigenvalue weighted by Gasteiger charge is -2.28. The number of nitrogens with one attached hydrogen (secondary N) is 1. The molecule has 0 bridgehead atoms. The normalized spacial score (nSPS) is 15.2. The van der Waals surface area contributed by atoms with E-state index in [1.807, 2.05) is 48.5 Å². The molecule has 3 aromatic carbocycles. The van der Waals surface area contributed by atoms with Crippen molar-refractivity contribution in [3.05, 3.63) is 100 Å². The van der Waals surface area contributed by atoms with E-state index in [9.17, 15) is 9.59 Å². The minimum Gasteiger partial charge on any atom is -0.465 e. The van der Waals surface area contributed by atoms with Gasteiger partial charge in [-0.2, -0.15) is 0 Å². The van der Waals surface area contributed by atoms with Crippen LogP contribution in [0.5, 0.6) is 0 Å². The fourth-order valence-electron chi connectivity index (χ4n) is 3.54. The molecule has 0 fully saturated rings. The van der Waals surface area contributed by atoms with Gasteiger partial charge in [0, 0.05) is 22.7 Å². The first-order valence-electron chi connectivity index (χ1n) is 9.17. The summed E-state index contributed by atoms with van der Waals surface area (Å²) in [6, 6.07) is 22.0. The molecule has 3 aromatic rings. The predicted octanol–water partition coefficient (Wildman–Crippen LogP) is 4.89.